The number of β-lactam (4-membered cyclic amide) rings is 1. The van der Waals surface area contributed by atoms with Crippen LogP contribution in [0.2, 0.25) is 5.02 Å². The molecule has 2 aliphatic heterocycles. The molecule has 3 heterocycles. The van der Waals surface area contributed by atoms with Gasteiger partial charge in [-0.05, 0) is 33.7 Å². The summed E-state index contributed by atoms with van der Waals surface area (Å²) >= 11 is 8.33. The van der Waals surface area contributed by atoms with E-state index in [4.69, 9.17) is 22.1 Å². The fourth-order valence-corrected chi connectivity index (χ4v) is 7.35. The van der Waals surface area contributed by atoms with Gasteiger partial charge in [0.15, 0.2) is 12.4 Å². The molecule has 0 bridgehead atoms. The van der Waals surface area contributed by atoms with Gasteiger partial charge in [-0.25, -0.2) is 9.48 Å². The first-order valence-electron chi connectivity index (χ1n) is 13.8. The fourth-order valence-electron chi connectivity index (χ4n) is 4.79. The predicted octanol–water partition coefficient (Wildman–Crippen LogP) is 0.961. The Morgan fingerprint density at radius 3 is 2.72 bits per heavy atom. The number of benzene rings is 2. The molecule has 246 valence electrons. The van der Waals surface area contributed by atoms with Gasteiger partial charge >= 0.3 is 11.7 Å². The maximum absolute atomic E-state index is 13.5. The fraction of sp³-hybridized carbons (Fsp3) is 0.296. The summed E-state index contributed by atoms with van der Waals surface area (Å²) in [4.78, 5) is 63.8. The van der Waals surface area contributed by atoms with Gasteiger partial charge in [-0.15, -0.1) is 16.9 Å². The zero-order valence-electron chi connectivity index (χ0n) is 24.1. The molecule has 1 saturated heterocycles. The molecule has 20 heteroatoms. The number of hydrogen-bond donors (Lipinski definition) is 4. The number of carbonyl (C=O) groups excluding carboxylic acids is 3. The number of hydrogen-bond acceptors (Lipinski definition) is 13. The number of rotatable bonds is 14. The summed E-state index contributed by atoms with van der Waals surface area (Å²) in [5.74, 6) is -3.14. The molecule has 3 aromatic rings. The van der Waals surface area contributed by atoms with Crippen LogP contribution in [-0.4, -0.2) is 94.9 Å². The van der Waals surface area contributed by atoms with Crippen molar-refractivity contribution in [1.82, 2.24) is 35.7 Å². The summed E-state index contributed by atoms with van der Waals surface area (Å²) in [7, 11) is 0. The van der Waals surface area contributed by atoms with Gasteiger partial charge in [0.2, 0.25) is 11.1 Å². The third kappa shape index (κ3) is 7.48. The number of nitro benzene ring substituents is 1. The third-order valence-electron chi connectivity index (χ3n) is 6.94. The van der Waals surface area contributed by atoms with Crippen molar-refractivity contribution in [3.05, 3.63) is 80.5 Å². The van der Waals surface area contributed by atoms with Crippen LogP contribution in [-0.2, 0) is 25.7 Å². The van der Waals surface area contributed by atoms with E-state index >= 15 is 0 Å². The number of fused-ring (bicyclic) bond motifs is 1. The lowest BCUT2D eigenvalue weighted by Gasteiger charge is -2.49. The Morgan fingerprint density at radius 1 is 1.26 bits per heavy atom. The molecule has 2 aliphatic rings. The number of aromatic nitrogens is 4. The number of carboxylic acid groups (broad SMARTS) is 1. The van der Waals surface area contributed by atoms with Crippen LogP contribution < -0.4 is 21.1 Å². The Labute approximate surface area is 279 Å². The van der Waals surface area contributed by atoms with Gasteiger partial charge in [-0.1, -0.05) is 53.7 Å². The minimum Gasteiger partial charge on any atom is -0.477 e. The highest BCUT2D eigenvalue weighted by atomic mass is 35.5. The van der Waals surface area contributed by atoms with Gasteiger partial charge in [-0.2, -0.15) is 0 Å². The van der Waals surface area contributed by atoms with Crippen LogP contribution in [0.5, 0.6) is 5.75 Å². The van der Waals surface area contributed by atoms with Gasteiger partial charge < -0.3 is 26.2 Å². The van der Waals surface area contributed by atoms with Crippen LogP contribution >= 0.6 is 35.1 Å². The smallest absolute Gasteiger partial charge is 0.352 e. The van der Waals surface area contributed by atoms with E-state index in [2.05, 4.69) is 26.2 Å². The summed E-state index contributed by atoms with van der Waals surface area (Å²) in [5.41, 5.74) is 5.84. The molecule has 1 aromatic heterocycles. The molecular formula is C27H26ClN9O8S2. The summed E-state index contributed by atoms with van der Waals surface area (Å²) < 4.78 is 6.85. The number of nitrogens with two attached hydrogens (primary N) is 1. The van der Waals surface area contributed by atoms with Crippen molar-refractivity contribution in [3.8, 4) is 5.75 Å². The van der Waals surface area contributed by atoms with Crippen molar-refractivity contribution in [1.29, 1.82) is 0 Å². The van der Waals surface area contributed by atoms with Gasteiger partial charge in [0.05, 0.1) is 11.5 Å². The SMILES string of the molecule is NCCn1nnnc1SCC1=C(C(=O)O)N2C(=O)C(NC(=O)[C@H](NC(=O)COc3ccc(Cl)cc3[N+](=O)[O-])c3ccccc3)[C@@H]2SC1. The number of amides is 3. The molecule has 1 unspecified atom stereocenters. The molecule has 5 N–H and O–H groups in total. The highest BCUT2D eigenvalue weighted by Crippen LogP contribution is 2.41. The zero-order valence-corrected chi connectivity index (χ0v) is 26.5. The molecule has 5 rings (SSSR count). The van der Waals surface area contributed by atoms with E-state index in [0.717, 1.165) is 11.0 Å². The maximum Gasteiger partial charge on any atom is 0.352 e. The first-order valence-corrected chi connectivity index (χ1v) is 16.2. The number of ether oxygens (including phenoxy) is 1. The van der Waals surface area contributed by atoms with E-state index in [0.29, 0.717) is 29.4 Å². The second kappa shape index (κ2) is 14.8. The lowest BCUT2D eigenvalue weighted by molar-refractivity contribution is -0.385. The van der Waals surface area contributed by atoms with Crippen molar-refractivity contribution in [2.24, 2.45) is 5.73 Å². The minimum atomic E-state index is -1.29. The number of halogens is 1. The molecule has 0 radical (unpaired) electrons. The molecule has 0 saturated carbocycles. The highest BCUT2D eigenvalue weighted by Gasteiger charge is 2.54. The van der Waals surface area contributed by atoms with Gasteiger partial charge in [0, 0.05) is 29.1 Å². The van der Waals surface area contributed by atoms with Crippen LogP contribution in [0.4, 0.5) is 5.69 Å². The quantitative estimate of drug-likeness (QED) is 0.0792. The highest BCUT2D eigenvalue weighted by molar-refractivity contribution is 8.01. The first-order chi connectivity index (χ1) is 22.6. The number of thioether (sulfide) groups is 2. The molecule has 17 nitrogen and oxygen atoms in total. The molecular weight excluding hydrogens is 678 g/mol. The number of nitro groups is 1. The standard InChI is InChI=1S/C27H26ClN9O8S2/c28-16-6-7-18(17(10-16)37(43)44)45-11-19(38)30-20(14-4-2-1-3-5-14)23(39)31-21-24(40)36-22(26(41)42)15(12-46-25(21)36)13-47-27-32-33-34-35(27)9-8-29/h1-7,10,20-21,25H,8-9,11-13,29H2,(H,30,38)(H,31,39)(H,41,42)/t20-,21?,25+/m1/s1. The Balaban J connectivity index is 1.26. The molecule has 0 aliphatic carbocycles. The van der Waals surface area contributed by atoms with Crippen LogP contribution in [0.15, 0.2) is 65.0 Å². The summed E-state index contributed by atoms with van der Waals surface area (Å²) in [6, 6.07) is 9.57. The monoisotopic (exact) mass is 703 g/mol. The van der Waals surface area contributed by atoms with Crippen molar-refractivity contribution in [3.63, 3.8) is 0 Å². The van der Waals surface area contributed by atoms with Gasteiger partial charge in [0.1, 0.15) is 23.2 Å². The lowest BCUT2D eigenvalue weighted by atomic mass is 10.0. The van der Waals surface area contributed by atoms with E-state index in [1.807, 2.05) is 0 Å². The number of nitrogens with zero attached hydrogens (tertiary/aromatic N) is 6. The van der Waals surface area contributed by atoms with E-state index in [1.54, 1.807) is 30.3 Å². The minimum absolute atomic E-state index is 0.108. The van der Waals surface area contributed by atoms with Crippen LogP contribution in [0.3, 0.4) is 0 Å². The maximum atomic E-state index is 13.5. The lowest BCUT2D eigenvalue weighted by Crippen LogP contribution is -2.71. The number of nitrogens with one attached hydrogen (secondary N) is 2. The number of aliphatic carboxylic acids is 1. The topological polar surface area (TPSA) is 238 Å². The average Bonchev–Trinajstić information content (AvgIpc) is 3.51. The Hall–Kier alpha value is -4.72. The van der Waals surface area contributed by atoms with Crippen molar-refractivity contribution in [2.45, 2.75) is 29.2 Å². The van der Waals surface area contributed by atoms with E-state index < -0.39 is 58.4 Å². The van der Waals surface area contributed by atoms with Gasteiger partial charge in [0.25, 0.3) is 11.8 Å². The van der Waals surface area contributed by atoms with Crippen LogP contribution in [0.25, 0.3) is 0 Å². The van der Waals surface area contributed by atoms with Gasteiger partial charge in [-0.3, -0.25) is 29.4 Å². The zero-order chi connectivity index (χ0) is 33.7. The molecule has 2 aromatic carbocycles. The Kier molecular flexibility index (Phi) is 10.6. The third-order valence-corrected chi connectivity index (χ3v) is 9.56. The molecule has 1 fully saturated rings. The molecule has 3 amide bonds. The molecule has 3 atom stereocenters. The van der Waals surface area contributed by atoms with E-state index in [9.17, 15) is 34.4 Å². The van der Waals surface area contributed by atoms with E-state index in [-0.39, 0.29) is 28.0 Å². The van der Waals surface area contributed by atoms with Crippen molar-refractivity contribution < 1.29 is 33.9 Å². The van der Waals surface area contributed by atoms with Crippen molar-refractivity contribution in [2.75, 3.05) is 24.7 Å². The summed E-state index contributed by atoms with van der Waals surface area (Å²) in [6.45, 7) is 0.0243. The number of carboxylic acids is 1. The normalized spacial score (nSPS) is 17.7. The average molecular weight is 704 g/mol. The Bertz CT molecular complexity index is 1740. The van der Waals surface area contributed by atoms with Crippen LogP contribution in [0, 0.1) is 10.1 Å². The summed E-state index contributed by atoms with van der Waals surface area (Å²) in [5, 5.41) is 37.8. The molecule has 0 spiro atoms. The summed E-state index contributed by atoms with van der Waals surface area (Å²) in [6.07, 6.45) is 0. The number of carbonyl (C=O) groups is 4. The largest absolute Gasteiger partial charge is 0.477 e. The van der Waals surface area contributed by atoms with Crippen molar-refractivity contribution >= 4 is 64.5 Å². The predicted molar refractivity (Wildman–Crippen MR) is 168 cm³/mol. The Morgan fingerprint density at radius 2 is 2.02 bits per heavy atom. The second-order valence-corrected chi connectivity index (χ2v) is 12.5. The van der Waals surface area contributed by atoms with E-state index in [1.165, 1.54) is 40.3 Å². The second-order valence-electron chi connectivity index (χ2n) is 9.98. The first kappa shape index (κ1) is 33.6. The van der Waals surface area contributed by atoms with Crippen LogP contribution in [0.1, 0.15) is 11.6 Å². The molecule has 47 heavy (non-hydrogen) atoms. The number of tetrazole rings is 1.